The van der Waals surface area contributed by atoms with Gasteiger partial charge in [-0.15, -0.1) is 11.3 Å². The summed E-state index contributed by atoms with van der Waals surface area (Å²) in [4.78, 5) is 48.4. The van der Waals surface area contributed by atoms with Crippen LogP contribution < -0.4 is 0 Å². The Morgan fingerprint density at radius 3 is 0.800 bits per heavy atom. The van der Waals surface area contributed by atoms with Gasteiger partial charge in [0.25, 0.3) is 0 Å². The number of carbonyl (C=O) groups is 4. The zero-order chi connectivity index (χ0) is 40.2. The van der Waals surface area contributed by atoms with E-state index in [1.54, 1.807) is 26.0 Å². The predicted octanol–water partition coefficient (Wildman–Crippen LogP) is 13.2. The lowest BCUT2D eigenvalue weighted by atomic mass is 10.0. The van der Waals surface area contributed by atoms with Gasteiger partial charge in [0.1, 0.15) is 9.75 Å². The molecule has 0 aliphatic heterocycles. The number of unbranched alkanes of at least 4 members (excludes halogenated alkanes) is 26. The van der Waals surface area contributed by atoms with Crippen molar-refractivity contribution in [1.29, 1.82) is 0 Å². The lowest BCUT2D eigenvalue weighted by Gasteiger charge is -2.05. The molecular weight excluding hydrogens is 713 g/mol. The predicted molar refractivity (Wildman–Crippen MR) is 226 cm³/mol. The highest BCUT2D eigenvalue weighted by atomic mass is 32.1. The molecule has 8 nitrogen and oxygen atoms in total. The molecule has 55 heavy (non-hydrogen) atoms. The van der Waals surface area contributed by atoms with Crippen LogP contribution in [-0.4, -0.2) is 50.3 Å². The smallest absolute Gasteiger partial charge is 0.348 e. The highest BCUT2D eigenvalue weighted by Gasteiger charge is 2.16. The quantitative estimate of drug-likeness (QED) is 0.0282. The molecule has 0 amide bonds. The fraction of sp³-hybridized carbons (Fsp3) is 0.739. The summed E-state index contributed by atoms with van der Waals surface area (Å²) in [6.45, 7) is 12.4. The van der Waals surface area contributed by atoms with E-state index in [9.17, 15) is 19.2 Å². The van der Waals surface area contributed by atoms with Crippen molar-refractivity contribution in [2.24, 2.45) is 0 Å². The Morgan fingerprint density at radius 1 is 0.382 bits per heavy atom. The van der Waals surface area contributed by atoms with Gasteiger partial charge >= 0.3 is 23.9 Å². The maximum atomic E-state index is 12.4. The summed E-state index contributed by atoms with van der Waals surface area (Å²) in [7, 11) is 0. The average molecular weight is 789 g/mol. The Bertz CT molecular complexity index is 1100. The van der Waals surface area contributed by atoms with Gasteiger partial charge in [-0.3, -0.25) is 0 Å². The molecule has 0 saturated heterocycles. The Kier molecular flexibility index (Phi) is 32.3. The summed E-state index contributed by atoms with van der Waals surface area (Å²) >= 11 is 1.15. The lowest BCUT2D eigenvalue weighted by Crippen LogP contribution is -2.05. The summed E-state index contributed by atoms with van der Waals surface area (Å²) in [6.07, 6.45) is 33.1. The van der Waals surface area contributed by atoms with E-state index in [4.69, 9.17) is 18.9 Å². The Morgan fingerprint density at radius 2 is 0.582 bits per heavy atom. The van der Waals surface area contributed by atoms with Crippen molar-refractivity contribution in [3.8, 4) is 0 Å². The van der Waals surface area contributed by atoms with Gasteiger partial charge in [0.15, 0.2) is 0 Å². The van der Waals surface area contributed by atoms with E-state index in [1.807, 2.05) is 0 Å². The topological polar surface area (TPSA) is 105 Å². The van der Waals surface area contributed by atoms with E-state index in [0.29, 0.717) is 47.3 Å². The van der Waals surface area contributed by atoms with Gasteiger partial charge in [-0.2, -0.15) is 0 Å². The van der Waals surface area contributed by atoms with Gasteiger partial charge in [0.05, 0.1) is 26.4 Å². The number of carbonyl (C=O) groups excluding carboxylic acids is 4. The van der Waals surface area contributed by atoms with Crippen molar-refractivity contribution in [3.63, 3.8) is 0 Å². The molecule has 0 bridgehead atoms. The average Bonchev–Trinajstić information content (AvgIpc) is 3.67. The number of hydrogen-bond donors (Lipinski definition) is 0. The van der Waals surface area contributed by atoms with E-state index in [1.165, 1.54) is 116 Å². The number of rotatable bonds is 38. The first-order valence-corrected chi connectivity index (χ1v) is 22.6. The summed E-state index contributed by atoms with van der Waals surface area (Å²) in [6, 6.07) is 3.32. The highest BCUT2D eigenvalue weighted by molar-refractivity contribution is 7.15. The summed E-state index contributed by atoms with van der Waals surface area (Å²) < 4.78 is 21.1. The molecule has 0 fully saturated rings. The molecule has 0 radical (unpaired) electrons. The van der Waals surface area contributed by atoms with Crippen molar-refractivity contribution in [3.05, 3.63) is 46.2 Å². The van der Waals surface area contributed by atoms with Crippen molar-refractivity contribution in [2.75, 3.05) is 26.4 Å². The van der Waals surface area contributed by atoms with E-state index in [2.05, 4.69) is 13.2 Å². The van der Waals surface area contributed by atoms with Crippen LogP contribution in [0.1, 0.15) is 213 Å². The van der Waals surface area contributed by atoms with Gasteiger partial charge in [0, 0.05) is 11.1 Å². The van der Waals surface area contributed by atoms with Crippen molar-refractivity contribution in [2.45, 2.75) is 194 Å². The molecule has 1 aromatic rings. The summed E-state index contributed by atoms with van der Waals surface area (Å²) in [5.74, 6) is -1.29. The molecular formula is C46H76O8S. The van der Waals surface area contributed by atoms with Crippen molar-refractivity contribution in [1.82, 2.24) is 0 Å². The second kappa shape index (κ2) is 35.5. The molecule has 1 heterocycles. The normalized spacial score (nSPS) is 10.9. The first kappa shape index (κ1) is 50.1. The monoisotopic (exact) mass is 789 g/mol. The van der Waals surface area contributed by atoms with Gasteiger partial charge < -0.3 is 18.9 Å². The van der Waals surface area contributed by atoms with Crippen LogP contribution in [0, 0.1) is 0 Å². The number of ether oxygens (including phenoxy) is 4. The summed E-state index contributed by atoms with van der Waals surface area (Å²) in [5.41, 5.74) is 0.925. The second-order valence-electron chi connectivity index (χ2n) is 15.2. The van der Waals surface area contributed by atoms with Crippen LogP contribution in [0.15, 0.2) is 36.4 Å². The van der Waals surface area contributed by atoms with Gasteiger partial charge in [-0.1, -0.05) is 167 Å². The molecule has 0 atom stereocenters. The minimum absolute atomic E-state index is 0.286. The fourth-order valence-corrected chi connectivity index (χ4v) is 7.05. The molecule has 9 heteroatoms. The van der Waals surface area contributed by atoms with Gasteiger partial charge in [-0.25, -0.2) is 19.2 Å². The SMILES string of the molecule is C=C(C)C(=O)OCCCCCCCCCCCCCCCCOC(=O)c1ccc(C(=O)OCCCCCCCCCCCCCCCCOC(=O)C(=C)C)s1. The van der Waals surface area contributed by atoms with Crippen LogP contribution in [0.2, 0.25) is 0 Å². The fourth-order valence-electron chi connectivity index (χ4n) is 6.26. The van der Waals surface area contributed by atoms with Gasteiger partial charge in [-0.05, 0) is 51.7 Å². The zero-order valence-electron chi connectivity index (χ0n) is 34.9. The molecule has 1 aromatic heterocycles. The number of thiophene rings is 1. The van der Waals surface area contributed by atoms with Crippen molar-refractivity contribution >= 4 is 35.2 Å². The lowest BCUT2D eigenvalue weighted by molar-refractivity contribution is -0.139. The number of esters is 4. The van der Waals surface area contributed by atoms with Crippen molar-refractivity contribution < 1.29 is 38.1 Å². The van der Waals surface area contributed by atoms with E-state index < -0.39 is 0 Å². The Labute approximate surface area is 338 Å². The standard InChI is InChI=1S/C46H76O8S/c1-39(2)43(47)51-35-29-25-21-17-13-9-5-7-11-15-19-23-27-31-37-53-45(49)41-33-34-42(55-41)46(50)54-38-32-28-24-20-16-12-8-6-10-14-18-22-26-30-36-52-44(48)40(3)4/h33-34H,1,3,5-32,35-38H2,2,4H3. The molecule has 0 unspecified atom stereocenters. The molecule has 0 N–H and O–H groups in total. The zero-order valence-corrected chi connectivity index (χ0v) is 35.7. The van der Waals surface area contributed by atoms with Crippen LogP contribution in [0.25, 0.3) is 0 Å². The Balaban J connectivity index is 1.87. The van der Waals surface area contributed by atoms with Crippen LogP contribution in [0.5, 0.6) is 0 Å². The molecule has 0 aromatic carbocycles. The second-order valence-corrected chi connectivity index (χ2v) is 16.3. The third-order valence-electron chi connectivity index (χ3n) is 9.72. The molecule has 0 saturated carbocycles. The highest BCUT2D eigenvalue weighted by Crippen LogP contribution is 2.20. The Hall–Kier alpha value is -2.94. The molecule has 1 rings (SSSR count). The first-order chi connectivity index (χ1) is 26.7. The first-order valence-electron chi connectivity index (χ1n) is 21.8. The maximum Gasteiger partial charge on any atom is 0.348 e. The van der Waals surface area contributed by atoms with Gasteiger partial charge in [0.2, 0.25) is 0 Å². The maximum absolute atomic E-state index is 12.4. The van der Waals surface area contributed by atoms with E-state index >= 15 is 0 Å². The minimum atomic E-state index is -0.361. The van der Waals surface area contributed by atoms with E-state index in [0.717, 1.165) is 75.5 Å². The van der Waals surface area contributed by atoms with Crippen LogP contribution in [-0.2, 0) is 28.5 Å². The van der Waals surface area contributed by atoms with Crippen LogP contribution in [0.3, 0.4) is 0 Å². The largest absolute Gasteiger partial charge is 0.462 e. The number of hydrogen-bond acceptors (Lipinski definition) is 9. The molecule has 0 aliphatic carbocycles. The minimum Gasteiger partial charge on any atom is -0.462 e. The van der Waals surface area contributed by atoms with Crippen LogP contribution in [0.4, 0.5) is 0 Å². The molecule has 0 spiro atoms. The third-order valence-corrected chi connectivity index (χ3v) is 10.8. The molecule has 314 valence electrons. The summed E-state index contributed by atoms with van der Waals surface area (Å²) in [5, 5.41) is 0. The van der Waals surface area contributed by atoms with Crippen LogP contribution >= 0.6 is 11.3 Å². The molecule has 0 aliphatic rings. The third kappa shape index (κ3) is 29.9. The van der Waals surface area contributed by atoms with E-state index in [-0.39, 0.29) is 23.9 Å².